The molecular formula is C18H40FN3Si3. The molecule has 0 spiro atoms. The van der Waals surface area contributed by atoms with E-state index in [1.807, 2.05) is 0 Å². The summed E-state index contributed by atoms with van der Waals surface area (Å²) in [5.41, 5.74) is 1.46. The average Bonchev–Trinajstić information content (AvgIpc) is 2.60. The van der Waals surface area contributed by atoms with Gasteiger partial charge in [-0.2, -0.15) is 5.10 Å². The van der Waals surface area contributed by atoms with Crippen LogP contribution < -0.4 is 0 Å². The first-order chi connectivity index (χ1) is 10.7. The molecule has 7 heteroatoms. The van der Waals surface area contributed by atoms with E-state index in [2.05, 4.69) is 91.3 Å². The molecule has 0 aliphatic carbocycles. The number of nitrogens with zero attached hydrogens (tertiary/aromatic N) is 3. The van der Waals surface area contributed by atoms with Gasteiger partial charge < -0.3 is 3.90 Å². The number of allylic oxidation sites excluding steroid dienone is 1. The van der Waals surface area contributed by atoms with E-state index < -0.39 is 25.2 Å². The van der Waals surface area contributed by atoms with Crippen molar-refractivity contribution in [1.29, 1.82) is 0 Å². The minimum absolute atomic E-state index is 0.123. The number of rotatable bonds is 4. The number of hydrazone groups is 1. The Labute approximate surface area is 158 Å². The van der Waals surface area contributed by atoms with Crippen molar-refractivity contribution in [2.24, 2.45) is 15.9 Å². The lowest BCUT2D eigenvalue weighted by molar-refractivity contribution is 0.344. The van der Waals surface area contributed by atoms with Gasteiger partial charge in [-0.15, -0.1) is 0 Å². The van der Waals surface area contributed by atoms with Gasteiger partial charge in [-0.05, 0) is 0 Å². The molecule has 0 bridgehead atoms. The van der Waals surface area contributed by atoms with Crippen LogP contribution in [0.1, 0.15) is 41.5 Å². The molecule has 1 rings (SSSR count). The molecule has 0 N–H and O–H groups in total. The predicted molar refractivity (Wildman–Crippen MR) is 118 cm³/mol. The highest BCUT2D eigenvalue weighted by Gasteiger charge is 2.62. The van der Waals surface area contributed by atoms with E-state index in [0.29, 0.717) is 6.04 Å². The first-order valence-corrected chi connectivity index (χ1v) is 18.2. The van der Waals surface area contributed by atoms with Crippen molar-refractivity contribution in [3.8, 4) is 0 Å². The van der Waals surface area contributed by atoms with Gasteiger partial charge in [-0.1, -0.05) is 87.4 Å². The summed E-state index contributed by atoms with van der Waals surface area (Å²) in [5.74, 6) is 0. The second-order valence-electron chi connectivity index (χ2n) is 11.4. The SMILES string of the molecule is C=C(N1N=C(C(C)(C)C)C[Si]1(F)N([Si](C)(C)C)[Si](C)(C)C)C(C)(C)C. The quantitative estimate of drug-likeness (QED) is 0.416. The average molecular weight is 402 g/mol. The Morgan fingerprint density at radius 2 is 1.44 bits per heavy atom. The van der Waals surface area contributed by atoms with E-state index in [-0.39, 0.29) is 10.8 Å². The summed E-state index contributed by atoms with van der Waals surface area (Å²) in [6, 6.07) is 0.472. The van der Waals surface area contributed by atoms with Crippen LogP contribution in [-0.2, 0) is 0 Å². The molecule has 1 atom stereocenters. The van der Waals surface area contributed by atoms with Crippen molar-refractivity contribution in [3.05, 3.63) is 12.3 Å². The molecule has 3 nitrogen and oxygen atoms in total. The molecule has 0 amide bonds. The third-order valence-corrected chi connectivity index (χ3v) is 19.9. The van der Waals surface area contributed by atoms with Crippen molar-refractivity contribution in [1.82, 2.24) is 8.57 Å². The summed E-state index contributed by atoms with van der Waals surface area (Å²) in [6.07, 6.45) is 0. The van der Waals surface area contributed by atoms with Crippen molar-refractivity contribution in [2.75, 3.05) is 0 Å². The maximum atomic E-state index is 17.1. The Bertz CT molecular complexity index is 548. The van der Waals surface area contributed by atoms with E-state index >= 15 is 4.11 Å². The van der Waals surface area contributed by atoms with Crippen molar-refractivity contribution >= 4 is 30.9 Å². The topological polar surface area (TPSA) is 18.8 Å². The van der Waals surface area contributed by atoms with Crippen LogP contribution in [0.4, 0.5) is 4.11 Å². The summed E-state index contributed by atoms with van der Waals surface area (Å²) in [4.78, 5) is 0. The Morgan fingerprint density at radius 1 is 1.04 bits per heavy atom. The van der Waals surface area contributed by atoms with Crippen molar-refractivity contribution < 1.29 is 4.11 Å². The summed E-state index contributed by atoms with van der Waals surface area (Å²) in [6.45, 7) is 30.6. The fourth-order valence-electron chi connectivity index (χ4n) is 3.73. The molecule has 0 saturated carbocycles. The Balaban J connectivity index is 3.60. The van der Waals surface area contributed by atoms with E-state index in [9.17, 15) is 0 Å². The van der Waals surface area contributed by atoms with Crippen LogP contribution in [0, 0.1) is 10.8 Å². The van der Waals surface area contributed by atoms with Crippen LogP contribution in [0.3, 0.4) is 0 Å². The fourth-order valence-corrected chi connectivity index (χ4v) is 23.6. The van der Waals surface area contributed by atoms with Crippen LogP contribution in [0.25, 0.3) is 0 Å². The zero-order valence-corrected chi connectivity index (χ0v) is 21.6. The lowest BCUT2D eigenvalue weighted by Gasteiger charge is -2.52. The Kier molecular flexibility index (Phi) is 5.85. The largest absolute Gasteiger partial charge is 0.443 e. The highest BCUT2D eigenvalue weighted by Crippen LogP contribution is 2.44. The molecule has 25 heavy (non-hydrogen) atoms. The third kappa shape index (κ3) is 4.73. The molecule has 146 valence electrons. The predicted octanol–water partition coefficient (Wildman–Crippen LogP) is 6.14. The summed E-state index contributed by atoms with van der Waals surface area (Å²) in [7, 11) is -7.21. The minimum Gasteiger partial charge on any atom is -0.324 e. The maximum Gasteiger partial charge on any atom is 0.443 e. The molecule has 1 unspecified atom stereocenters. The summed E-state index contributed by atoms with van der Waals surface area (Å²) in [5, 5.41) is 4.87. The van der Waals surface area contributed by atoms with Gasteiger partial charge in [-0.3, -0.25) is 8.78 Å². The molecule has 0 aromatic carbocycles. The van der Waals surface area contributed by atoms with E-state index in [4.69, 9.17) is 5.10 Å². The van der Waals surface area contributed by atoms with Crippen molar-refractivity contribution in [2.45, 2.75) is 86.9 Å². The lowest BCUT2D eigenvalue weighted by atomic mass is 9.91. The molecular weight excluding hydrogens is 361 g/mol. The van der Waals surface area contributed by atoms with Crippen LogP contribution in [0.2, 0.25) is 45.3 Å². The van der Waals surface area contributed by atoms with Crippen molar-refractivity contribution in [3.63, 3.8) is 0 Å². The van der Waals surface area contributed by atoms with E-state index in [0.717, 1.165) is 11.4 Å². The summed E-state index contributed by atoms with van der Waals surface area (Å²) < 4.78 is 21.2. The van der Waals surface area contributed by atoms with Gasteiger partial charge in [0.25, 0.3) is 0 Å². The lowest BCUT2D eigenvalue weighted by Crippen LogP contribution is -2.74. The monoisotopic (exact) mass is 401 g/mol. The zero-order chi connectivity index (χ0) is 20.2. The molecule has 1 aliphatic heterocycles. The van der Waals surface area contributed by atoms with Crippen LogP contribution in [0.5, 0.6) is 0 Å². The Hall–Kier alpha value is -0.249. The van der Waals surface area contributed by atoms with Gasteiger partial charge >= 0.3 is 8.73 Å². The molecule has 1 heterocycles. The molecule has 1 aliphatic rings. The smallest absolute Gasteiger partial charge is 0.324 e. The summed E-state index contributed by atoms with van der Waals surface area (Å²) >= 11 is 0. The van der Waals surface area contributed by atoms with Gasteiger partial charge in [0.1, 0.15) is 16.5 Å². The molecule has 0 aromatic heterocycles. The highest BCUT2D eigenvalue weighted by atomic mass is 28.5. The van der Waals surface area contributed by atoms with Gasteiger partial charge in [-0.25, -0.2) is 0 Å². The van der Waals surface area contributed by atoms with Gasteiger partial charge in [0.2, 0.25) is 0 Å². The standard InChI is InChI=1S/C18H40FN3Si3/c1-15(17(2,3)4)21-20-16(18(5,6)7)14-25(21,19)22(23(8,9)10)24(11,12)13/h1,14H2,2-13H3. The van der Waals surface area contributed by atoms with Crippen LogP contribution in [0.15, 0.2) is 17.4 Å². The Morgan fingerprint density at radius 3 is 1.72 bits per heavy atom. The second kappa shape index (κ2) is 6.42. The number of halogens is 1. The first-order valence-electron chi connectivity index (χ1n) is 9.29. The highest BCUT2D eigenvalue weighted by molar-refractivity contribution is 7.02. The molecule has 0 aromatic rings. The zero-order valence-electron chi connectivity index (χ0n) is 18.6. The first kappa shape index (κ1) is 22.8. The molecule has 0 saturated heterocycles. The van der Waals surface area contributed by atoms with Crippen LogP contribution in [-0.4, -0.2) is 39.5 Å². The van der Waals surface area contributed by atoms with Gasteiger partial charge in [0, 0.05) is 28.3 Å². The fraction of sp³-hybridized carbons (Fsp3) is 0.833. The van der Waals surface area contributed by atoms with Gasteiger partial charge in [0.05, 0.1) is 0 Å². The second-order valence-corrected chi connectivity index (χ2v) is 25.0. The number of hydrogen-bond acceptors (Lipinski definition) is 3. The van der Waals surface area contributed by atoms with Crippen LogP contribution >= 0.6 is 0 Å². The van der Waals surface area contributed by atoms with Gasteiger partial charge in [0.15, 0.2) is 0 Å². The maximum absolute atomic E-state index is 17.1. The number of hydrogen-bond donors (Lipinski definition) is 0. The normalized spacial score (nSPS) is 23.3. The minimum atomic E-state index is -3.47. The third-order valence-electron chi connectivity index (χ3n) is 4.61. The molecule has 0 radical (unpaired) electrons. The molecule has 0 fully saturated rings. The van der Waals surface area contributed by atoms with E-state index in [1.165, 1.54) is 0 Å². The van der Waals surface area contributed by atoms with E-state index in [1.54, 1.807) is 4.67 Å².